The lowest BCUT2D eigenvalue weighted by Crippen LogP contribution is -2.42. The van der Waals surface area contributed by atoms with Crippen LogP contribution in [0, 0.1) is 13.8 Å². The van der Waals surface area contributed by atoms with E-state index in [1.807, 2.05) is 44.2 Å². The molecule has 3 rings (SSSR count). The predicted molar refractivity (Wildman–Crippen MR) is 144 cm³/mol. The van der Waals surface area contributed by atoms with Crippen molar-refractivity contribution in [3.05, 3.63) is 58.1 Å². The first-order valence-corrected chi connectivity index (χ1v) is 14.2. The van der Waals surface area contributed by atoms with Crippen LogP contribution in [-0.4, -0.2) is 55.5 Å². The molecule has 1 aliphatic rings. The molecule has 37 heavy (non-hydrogen) atoms. The van der Waals surface area contributed by atoms with Crippen molar-refractivity contribution < 1.29 is 32.9 Å². The quantitative estimate of drug-likeness (QED) is 0.363. The Morgan fingerprint density at radius 3 is 2.24 bits per heavy atom. The molecule has 0 saturated carbocycles. The molecular weight excluding hydrogens is 508 g/mol. The van der Waals surface area contributed by atoms with Gasteiger partial charge in [-0.05, 0) is 58.8 Å². The Kier molecular flexibility index (Phi) is 9.05. The largest absolute Gasteiger partial charge is 0.489 e. The zero-order valence-corrected chi connectivity index (χ0v) is 25.6. The number of nitrogens with one attached hydrogen (secondary N) is 1. The molecule has 0 spiro atoms. The van der Waals surface area contributed by atoms with Crippen molar-refractivity contribution >= 4 is 49.1 Å². The minimum atomic E-state index is -1.26. The fourth-order valence-electron chi connectivity index (χ4n) is 4.52. The Bertz CT molecular complexity index is 1190. The van der Waals surface area contributed by atoms with Gasteiger partial charge in [-0.3, -0.25) is 14.4 Å². The second-order valence-corrected chi connectivity index (χ2v) is 13.3. The summed E-state index contributed by atoms with van der Waals surface area (Å²) >= 11 is 0. The van der Waals surface area contributed by atoms with Crippen LogP contribution < -0.4 is 15.2 Å². The minimum Gasteiger partial charge on any atom is -0.489 e. The van der Waals surface area contributed by atoms with Crippen LogP contribution in [0.3, 0.4) is 0 Å². The van der Waals surface area contributed by atoms with Crippen molar-refractivity contribution in [1.82, 2.24) is 10.4 Å². The monoisotopic (exact) mass is 542 g/mol. The van der Waals surface area contributed by atoms with Gasteiger partial charge in [0.25, 0.3) is 17.7 Å². The third-order valence-corrected chi connectivity index (χ3v) is 8.43. The number of carbonyl (C=O) groups is 4. The number of nitrogens with zero attached hydrogens (tertiary/aromatic N) is 1. The van der Waals surface area contributed by atoms with Crippen molar-refractivity contribution in [3.8, 4) is 5.75 Å². The summed E-state index contributed by atoms with van der Waals surface area (Å²) in [5.41, 5.74) is 3.96. The van der Waals surface area contributed by atoms with Crippen LogP contribution in [-0.2, 0) is 35.4 Å². The van der Waals surface area contributed by atoms with Crippen LogP contribution >= 0.6 is 0 Å². The van der Waals surface area contributed by atoms with Gasteiger partial charge < -0.3 is 19.0 Å². The first-order valence-electron chi connectivity index (χ1n) is 12.1. The maximum atomic E-state index is 13.4. The standard InChI is InChI=1S/C26H34N2O7Si2/c1-15-16(2)22(25(32)27-13-21(31)34-28-19(29)11-12-20(28)30)24(37-35-36)23(26(3,4)5)18(15)14-33-17-9-7-6-8-10-17/h6-10H,11-14,37H2,1-5,36H3,(H,27,32). The lowest BCUT2D eigenvalue weighted by Gasteiger charge is -2.31. The third-order valence-electron chi connectivity index (χ3n) is 6.28. The van der Waals surface area contributed by atoms with Crippen LogP contribution in [0.5, 0.6) is 5.75 Å². The highest BCUT2D eigenvalue weighted by atomic mass is 28.3. The summed E-state index contributed by atoms with van der Waals surface area (Å²) < 4.78 is 11.9. The molecule has 2 aromatic rings. The van der Waals surface area contributed by atoms with Crippen LogP contribution in [0.1, 0.15) is 66.2 Å². The maximum Gasteiger partial charge on any atom is 0.352 e. The van der Waals surface area contributed by atoms with E-state index in [1.54, 1.807) is 0 Å². The number of imide groups is 1. The van der Waals surface area contributed by atoms with Crippen molar-refractivity contribution in [3.63, 3.8) is 0 Å². The van der Waals surface area contributed by atoms with Crippen LogP contribution in [0.4, 0.5) is 0 Å². The summed E-state index contributed by atoms with van der Waals surface area (Å²) in [6.07, 6.45) is 0.00234. The lowest BCUT2D eigenvalue weighted by molar-refractivity contribution is -0.196. The van der Waals surface area contributed by atoms with Gasteiger partial charge in [0.05, 0.1) is 0 Å². The average molecular weight is 543 g/mol. The molecule has 0 aliphatic carbocycles. The average Bonchev–Trinajstić information content (AvgIpc) is 3.16. The van der Waals surface area contributed by atoms with E-state index in [1.165, 1.54) is 0 Å². The third kappa shape index (κ3) is 6.54. The summed E-state index contributed by atoms with van der Waals surface area (Å²) in [7, 11) is -0.722. The molecule has 1 saturated heterocycles. The van der Waals surface area contributed by atoms with E-state index in [-0.39, 0.29) is 18.3 Å². The maximum absolute atomic E-state index is 13.4. The molecule has 0 unspecified atom stereocenters. The van der Waals surface area contributed by atoms with Crippen molar-refractivity contribution in [2.75, 3.05) is 6.54 Å². The van der Waals surface area contributed by atoms with Crippen LogP contribution in [0.15, 0.2) is 30.3 Å². The van der Waals surface area contributed by atoms with Gasteiger partial charge in [0, 0.05) is 18.4 Å². The van der Waals surface area contributed by atoms with Crippen LogP contribution in [0.2, 0.25) is 0 Å². The molecule has 11 heteroatoms. The molecule has 9 nitrogen and oxygen atoms in total. The predicted octanol–water partition coefficient (Wildman–Crippen LogP) is 0.523. The molecule has 0 radical (unpaired) electrons. The SMILES string of the molecule is Cc1c(C)c(C(=O)NCC(=O)ON2C(=O)CCC2=O)c([SiH2]O[SiH3])c(C(C)(C)C)c1COc1ccccc1. The smallest absolute Gasteiger partial charge is 0.352 e. The Hall–Kier alpha value is -3.29. The van der Waals surface area contributed by atoms with Gasteiger partial charge in [-0.15, -0.1) is 5.06 Å². The number of ether oxygens (including phenoxy) is 1. The number of hydrogen-bond donors (Lipinski definition) is 1. The van der Waals surface area contributed by atoms with E-state index in [4.69, 9.17) is 13.7 Å². The van der Waals surface area contributed by atoms with E-state index in [0.717, 1.165) is 33.2 Å². The normalized spacial score (nSPS) is 14.0. The lowest BCUT2D eigenvalue weighted by atomic mass is 9.79. The first kappa shape index (κ1) is 28.3. The summed E-state index contributed by atoms with van der Waals surface area (Å²) in [4.78, 5) is 54.0. The second-order valence-electron chi connectivity index (χ2n) is 9.97. The highest BCUT2D eigenvalue weighted by molar-refractivity contribution is 6.54. The van der Waals surface area contributed by atoms with E-state index in [0.29, 0.717) is 27.7 Å². The second kappa shape index (κ2) is 11.8. The van der Waals surface area contributed by atoms with Crippen molar-refractivity contribution in [1.29, 1.82) is 0 Å². The Morgan fingerprint density at radius 2 is 1.68 bits per heavy atom. The molecule has 0 aromatic heterocycles. The molecule has 1 aliphatic heterocycles. The number of rotatable bonds is 9. The summed E-state index contributed by atoms with van der Waals surface area (Å²) in [6, 6.07) is 9.57. The van der Waals surface area contributed by atoms with Gasteiger partial charge >= 0.3 is 5.97 Å². The molecule has 0 bridgehead atoms. The van der Waals surface area contributed by atoms with Gasteiger partial charge in [-0.25, -0.2) is 4.79 Å². The van der Waals surface area contributed by atoms with Gasteiger partial charge in [0.1, 0.15) is 29.4 Å². The van der Waals surface area contributed by atoms with Gasteiger partial charge in [0.2, 0.25) is 0 Å². The summed E-state index contributed by atoms with van der Waals surface area (Å²) in [6.45, 7) is 9.99. The highest BCUT2D eigenvalue weighted by Gasteiger charge is 2.33. The van der Waals surface area contributed by atoms with Crippen LogP contribution in [0.25, 0.3) is 0 Å². The van der Waals surface area contributed by atoms with Crippen molar-refractivity contribution in [2.45, 2.75) is 59.5 Å². The molecule has 1 N–H and O–H groups in total. The molecular formula is C26H34N2O7Si2. The minimum absolute atomic E-state index is 0.00117. The Balaban J connectivity index is 1.92. The van der Waals surface area contributed by atoms with Gasteiger partial charge in [-0.2, -0.15) is 0 Å². The molecule has 2 aromatic carbocycles. The van der Waals surface area contributed by atoms with E-state index in [9.17, 15) is 19.2 Å². The summed E-state index contributed by atoms with van der Waals surface area (Å²) in [5, 5.41) is 3.96. The zero-order valence-electron chi connectivity index (χ0n) is 22.2. The van der Waals surface area contributed by atoms with Gasteiger partial charge in [-0.1, -0.05) is 39.0 Å². The number of para-hydroxylation sites is 1. The number of carbonyl (C=O) groups excluding carboxylic acids is 4. The summed E-state index contributed by atoms with van der Waals surface area (Å²) in [5.74, 6) is -1.71. The molecule has 1 heterocycles. The molecule has 198 valence electrons. The van der Waals surface area contributed by atoms with Gasteiger partial charge in [0.15, 0.2) is 9.76 Å². The number of hydrogen-bond acceptors (Lipinski definition) is 7. The highest BCUT2D eigenvalue weighted by Crippen LogP contribution is 2.31. The Labute approximate surface area is 222 Å². The van der Waals surface area contributed by atoms with E-state index < -0.39 is 40.0 Å². The number of hydroxylamine groups is 2. The molecule has 0 atom stereocenters. The Morgan fingerprint density at radius 1 is 1.05 bits per heavy atom. The number of benzene rings is 2. The van der Waals surface area contributed by atoms with E-state index >= 15 is 0 Å². The number of amides is 3. The van der Waals surface area contributed by atoms with E-state index in [2.05, 4.69) is 26.1 Å². The fraction of sp³-hybridized carbons (Fsp3) is 0.385. The molecule has 3 amide bonds. The first-order chi connectivity index (χ1) is 17.5. The zero-order chi connectivity index (χ0) is 27.3. The fourth-order valence-corrected chi connectivity index (χ4v) is 7.13. The topological polar surface area (TPSA) is 111 Å². The molecule has 1 fully saturated rings. The van der Waals surface area contributed by atoms with Crippen molar-refractivity contribution in [2.24, 2.45) is 0 Å².